The topological polar surface area (TPSA) is 97.1 Å². The maximum atomic E-state index is 12.2. The summed E-state index contributed by atoms with van der Waals surface area (Å²) in [6.45, 7) is 7.72. The lowest BCUT2D eigenvalue weighted by atomic mass is 10.2. The summed E-state index contributed by atoms with van der Waals surface area (Å²) in [5, 5.41) is 9.00. The number of benzene rings is 1. The molecule has 1 aliphatic heterocycles. The SMILES string of the molecule is Cc1cccc(N2CCN(CC(=O)NC(C)c3n[nH]c(=O)[nH]3)CC2)c1. The minimum absolute atomic E-state index is 0.0691. The first-order chi connectivity index (χ1) is 12.0. The van der Waals surface area contributed by atoms with Gasteiger partial charge in [0.2, 0.25) is 5.91 Å². The number of nitrogens with zero attached hydrogens (tertiary/aromatic N) is 3. The van der Waals surface area contributed by atoms with Crippen LogP contribution >= 0.6 is 0 Å². The van der Waals surface area contributed by atoms with Crippen LogP contribution in [0, 0.1) is 6.92 Å². The van der Waals surface area contributed by atoms with Crippen LogP contribution in [0.5, 0.6) is 0 Å². The zero-order chi connectivity index (χ0) is 17.8. The number of rotatable bonds is 5. The lowest BCUT2D eigenvalue weighted by molar-refractivity contribution is -0.123. The number of amides is 1. The van der Waals surface area contributed by atoms with Crippen LogP contribution < -0.4 is 15.9 Å². The van der Waals surface area contributed by atoms with E-state index in [9.17, 15) is 9.59 Å². The highest BCUT2D eigenvalue weighted by atomic mass is 16.2. The highest BCUT2D eigenvalue weighted by Gasteiger charge is 2.20. The maximum Gasteiger partial charge on any atom is 0.340 e. The number of aryl methyl sites for hydroxylation is 1. The molecule has 0 radical (unpaired) electrons. The van der Waals surface area contributed by atoms with Crippen LogP contribution in [-0.2, 0) is 4.79 Å². The van der Waals surface area contributed by atoms with Crippen molar-refractivity contribution in [1.82, 2.24) is 25.4 Å². The van der Waals surface area contributed by atoms with Gasteiger partial charge in [-0.25, -0.2) is 9.89 Å². The quantitative estimate of drug-likeness (QED) is 0.730. The zero-order valence-corrected chi connectivity index (χ0v) is 14.6. The van der Waals surface area contributed by atoms with Crippen molar-refractivity contribution in [3.05, 3.63) is 46.1 Å². The van der Waals surface area contributed by atoms with Crippen LogP contribution in [0.15, 0.2) is 29.1 Å². The summed E-state index contributed by atoms with van der Waals surface area (Å²) in [7, 11) is 0. The zero-order valence-electron chi connectivity index (χ0n) is 14.6. The molecule has 3 rings (SSSR count). The summed E-state index contributed by atoms with van der Waals surface area (Å²) < 4.78 is 0. The lowest BCUT2D eigenvalue weighted by Crippen LogP contribution is -2.49. The van der Waals surface area contributed by atoms with Crippen molar-refractivity contribution in [2.75, 3.05) is 37.6 Å². The van der Waals surface area contributed by atoms with Gasteiger partial charge in [0.1, 0.15) is 0 Å². The summed E-state index contributed by atoms with van der Waals surface area (Å²) in [4.78, 5) is 30.3. The first-order valence-electron chi connectivity index (χ1n) is 8.49. The number of aromatic nitrogens is 3. The summed E-state index contributed by atoms with van der Waals surface area (Å²) in [5.74, 6) is 0.364. The Kier molecular flexibility index (Phi) is 5.18. The minimum atomic E-state index is -0.372. The molecule has 2 aromatic rings. The third-order valence-corrected chi connectivity index (χ3v) is 4.41. The predicted octanol–water partition coefficient (Wildman–Crippen LogP) is 0.406. The van der Waals surface area contributed by atoms with Crippen molar-refractivity contribution in [1.29, 1.82) is 0 Å². The predicted molar refractivity (Wildman–Crippen MR) is 95.6 cm³/mol. The molecule has 25 heavy (non-hydrogen) atoms. The fourth-order valence-electron chi connectivity index (χ4n) is 3.04. The van der Waals surface area contributed by atoms with Crippen molar-refractivity contribution in [3.63, 3.8) is 0 Å². The summed E-state index contributed by atoms with van der Waals surface area (Å²) >= 11 is 0. The van der Waals surface area contributed by atoms with Gasteiger partial charge in [0.05, 0.1) is 12.6 Å². The van der Waals surface area contributed by atoms with Gasteiger partial charge in [0.25, 0.3) is 0 Å². The molecule has 1 amide bonds. The van der Waals surface area contributed by atoms with E-state index in [0.29, 0.717) is 12.4 Å². The molecule has 0 aliphatic carbocycles. The Morgan fingerprint density at radius 2 is 2.08 bits per heavy atom. The van der Waals surface area contributed by atoms with Gasteiger partial charge in [0, 0.05) is 31.9 Å². The number of piperazine rings is 1. The molecule has 2 heterocycles. The van der Waals surface area contributed by atoms with Crippen molar-refractivity contribution in [2.24, 2.45) is 0 Å². The Labute approximate surface area is 146 Å². The minimum Gasteiger partial charge on any atom is -0.369 e. The van der Waals surface area contributed by atoms with Crippen molar-refractivity contribution in [3.8, 4) is 0 Å². The molecule has 134 valence electrons. The van der Waals surface area contributed by atoms with Gasteiger partial charge in [-0.05, 0) is 31.5 Å². The van der Waals surface area contributed by atoms with Gasteiger partial charge >= 0.3 is 5.69 Å². The van der Waals surface area contributed by atoms with Crippen molar-refractivity contribution >= 4 is 11.6 Å². The molecule has 1 fully saturated rings. The van der Waals surface area contributed by atoms with E-state index in [2.05, 4.69) is 61.5 Å². The van der Waals surface area contributed by atoms with E-state index in [1.54, 1.807) is 6.92 Å². The fourth-order valence-corrected chi connectivity index (χ4v) is 3.04. The van der Waals surface area contributed by atoms with Crippen LogP contribution in [0.2, 0.25) is 0 Å². The third kappa shape index (κ3) is 4.48. The van der Waals surface area contributed by atoms with Gasteiger partial charge in [-0.2, -0.15) is 5.10 Å². The van der Waals surface area contributed by atoms with Crippen molar-refractivity contribution < 1.29 is 4.79 Å². The maximum absolute atomic E-state index is 12.2. The molecule has 0 bridgehead atoms. The number of carbonyl (C=O) groups excluding carboxylic acids is 1. The molecule has 1 aromatic heterocycles. The number of hydrogen-bond donors (Lipinski definition) is 3. The second-order valence-electron chi connectivity index (χ2n) is 6.45. The summed E-state index contributed by atoms with van der Waals surface area (Å²) in [6, 6.07) is 8.15. The second kappa shape index (κ2) is 7.52. The first kappa shape index (κ1) is 17.2. The van der Waals surface area contributed by atoms with Crippen molar-refractivity contribution in [2.45, 2.75) is 19.9 Å². The van der Waals surface area contributed by atoms with E-state index >= 15 is 0 Å². The molecule has 1 aliphatic rings. The van der Waals surface area contributed by atoms with Crippen LogP contribution in [-0.4, -0.2) is 58.7 Å². The lowest BCUT2D eigenvalue weighted by Gasteiger charge is -2.36. The summed E-state index contributed by atoms with van der Waals surface area (Å²) in [5.41, 5.74) is 2.12. The number of aromatic amines is 2. The van der Waals surface area contributed by atoms with Crippen LogP contribution in [0.3, 0.4) is 0 Å². The average molecular weight is 344 g/mol. The van der Waals surface area contributed by atoms with E-state index in [1.807, 2.05) is 0 Å². The van der Waals surface area contributed by atoms with E-state index in [4.69, 9.17) is 0 Å². The number of carbonyl (C=O) groups is 1. The van der Waals surface area contributed by atoms with Crippen LogP contribution in [0.4, 0.5) is 5.69 Å². The first-order valence-corrected chi connectivity index (χ1v) is 8.49. The van der Waals surface area contributed by atoms with Gasteiger partial charge in [-0.1, -0.05) is 12.1 Å². The van der Waals surface area contributed by atoms with Gasteiger partial charge < -0.3 is 10.2 Å². The molecule has 3 N–H and O–H groups in total. The normalized spacial score (nSPS) is 16.6. The Morgan fingerprint density at radius 1 is 1.32 bits per heavy atom. The monoisotopic (exact) mass is 344 g/mol. The summed E-state index contributed by atoms with van der Waals surface area (Å²) in [6.07, 6.45) is 0. The Bertz CT molecular complexity index is 775. The van der Waals surface area contributed by atoms with Gasteiger partial charge in [-0.3, -0.25) is 14.7 Å². The third-order valence-electron chi connectivity index (χ3n) is 4.41. The molecular formula is C17H24N6O2. The van der Waals surface area contributed by atoms with Crippen LogP contribution in [0.1, 0.15) is 24.4 Å². The van der Waals surface area contributed by atoms with Gasteiger partial charge in [0.15, 0.2) is 5.82 Å². The highest BCUT2D eigenvalue weighted by molar-refractivity contribution is 5.78. The molecule has 1 aromatic carbocycles. The molecule has 0 saturated carbocycles. The molecule has 8 nitrogen and oxygen atoms in total. The molecule has 1 saturated heterocycles. The van der Waals surface area contributed by atoms with Crippen LogP contribution in [0.25, 0.3) is 0 Å². The van der Waals surface area contributed by atoms with E-state index in [-0.39, 0.29) is 17.6 Å². The molecule has 1 atom stereocenters. The molecule has 0 spiro atoms. The highest BCUT2D eigenvalue weighted by Crippen LogP contribution is 2.17. The number of anilines is 1. The molecular weight excluding hydrogens is 320 g/mol. The Balaban J connectivity index is 1.47. The average Bonchev–Trinajstić information content (AvgIpc) is 3.02. The Hall–Kier alpha value is -2.61. The molecule has 8 heteroatoms. The smallest absolute Gasteiger partial charge is 0.340 e. The number of H-pyrrole nitrogens is 2. The standard InChI is InChI=1S/C17H24N6O2/c1-12-4-3-5-14(10-12)23-8-6-22(7-9-23)11-15(24)18-13(2)16-19-17(25)21-20-16/h3-5,10,13H,6-9,11H2,1-2H3,(H,18,24)(H2,19,20,21,25). The molecule has 1 unspecified atom stereocenters. The van der Waals surface area contributed by atoms with E-state index in [0.717, 1.165) is 26.2 Å². The largest absolute Gasteiger partial charge is 0.369 e. The number of nitrogens with one attached hydrogen (secondary N) is 3. The fraction of sp³-hybridized carbons (Fsp3) is 0.471. The van der Waals surface area contributed by atoms with E-state index < -0.39 is 0 Å². The van der Waals surface area contributed by atoms with E-state index in [1.165, 1.54) is 11.3 Å². The Morgan fingerprint density at radius 3 is 2.72 bits per heavy atom. The second-order valence-corrected chi connectivity index (χ2v) is 6.45. The number of hydrogen-bond acceptors (Lipinski definition) is 5. The van der Waals surface area contributed by atoms with Gasteiger partial charge in [-0.15, -0.1) is 0 Å².